The van der Waals surface area contributed by atoms with Gasteiger partial charge in [-0.15, -0.1) is 0 Å². The lowest BCUT2D eigenvalue weighted by atomic mass is 10.0. The van der Waals surface area contributed by atoms with E-state index in [2.05, 4.69) is 6.58 Å². The Bertz CT molecular complexity index is 561. The monoisotopic (exact) mass is 287 g/mol. The highest BCUT2D eigenvalue weighted by atomic mass is 16.5. The Hall–Kier alpha value is -2.36. The fraction of sp³-hybridized carbons (Fsp3) is 0.294. The number of rotatable bonds is 7. The van der Waals surface area contributed by atoms with E-state index in [1.54, 1.807) is 23.2 Å². The Morgan fingerprint density at radius 3 is 2.52 bits per heavy atom. The first-order chi connectivity index (χ1) is 10.0. The maximum absolute atomic E-state index is 11.9. The Labute approximate surface area is 125 Å². The first kappa shape index (κ1) is 16.7. The number of ether oxygens (including phenoxy) is 1. The van der Waals surface area contributed by atoms with Gasteiger partial charge in [-0.3, -0.25) is 4.79 Å². The Kier molecular flexibility index (Phi) is 6.40. The summed E-state index contributed by atoms with van der Waals surface area (Å²) in [5, 5.41) is 0. The summed E-state index contributed by atoms with van der Waals surface area (Å²) in [5.74, 6) is -0.425. The minimum Gasteiger partial charge on any atom is -0.464 e. The number of esters is 1. The summed E-state index contributed by atoms with van der Waals surface area (Å²) < 4.78 is 4.80. The van der Waals surface area contributed by atoms with Crippen LogP contribution in [-0.4, -0.2) is 23.8 Å². The van der Waals surface area contributed by atoms with Gasteiger partial charge in [0.05, 0.1) is 7.11 Å². The summed E-state index contributed by atoms with van der Waals surface area (Å²) in [4.78, 5) is 25.2. The van der Waals surface area contributed by atoms with E-state index in [4.69, 9.17) is 4.74 Å². The molecular weight excluding hydrogens is 266 g/mol. The summed E-state index contributed by atoms with van der Waals surface area (Å²) in [6, 6.07) is 7.33. The van der Waals surface area contributed by atoms with Crippen molar-refractivity contribution in [1.82, 2.24) is 4.90 Å². The first-order valence-electron chi connectivity index (χ1n) is 6.81. The van der Waals surface area contributed by atoms with Crippen molar-refractivity contribution < 1.29 is 14.3 Å². The van der Waals surface area contributed by atoms with Crippen LogP contribution in [0.1, 0.15) is 36.2 Å². The number of Topliss-reactive ketones (excluding diaryl/α,β-unsaturated/α-hetero) is 1. The molecule has 0 aliphatic rings. The highest BCUT2D eigenvalue weighted by Crippen LogP contribution is 2.17. The summed E-state index contributed by atoms with van der Waals surface area (Å²) in [5.41, 5.74) is 1.91. The van der Waals surface area contributed by atoms with Crippen molar-refractivity contribution in [1.29, 1.82) is 0 Å². The number of methoxy groups -OCH3 is 1. The van der Waals surface area contributed by atoms with Crippen LogP contribution in [0.15, 0.2) is 48.8 Å². The highest BCUT2D eigenvalue weighted by molar-refractivity contribution is 5.95. The standard InChI is InChI=1S/C17H21NO3/c1-5-9-16(17(20)21-4)18(6-2)12-14-10-7-8-11-15(14)13(3)19/h6-11H,2,5,12H2,1,3-4H3/b16-9-. The largest absolute Gasteiger partial charge is 0.464 e. The van der Waals surface area contributed by atoms with Crippen molar-refractivity contribution in [2.24, 2.45) is 0 Å². The predicted molar refractivity (Wildman–Crippen MR) is 82.6 cm³/mol. The second kappa shape index (κ2) is 8.04. The third-order valence-corrected chi connectivity index (χ3v) is 3.06. The van der Waals surface area contributed by atoms with Crippen molar-refractivity contribution in [3.8, 4) is 0 Å². The molecule has 0 bridgehead atoms. The van der Waals surface area contributed by atoms with Gasteiger partial charge in [-0.05, 0) is 25.1 Å². The molecule has 4 heteroatoms. The Balaban J connectivity index is 3.12. The Morgan fingerprint density at radius 1 is 1.33 bits per heavy atom. The molecule has 21 heavy (non-hydrogen) atoms. The van der Waals surface area contributed by atoms with E-state index >= 15 is 0 Å². The molecule has 112 valence electrons. The number of allylic oxidation sites excluding steroid dienone is 1. The molecule has 0 atom stereocenters. The fourth-order valence-corrected chi connectivity index (χ4v) is 2.05. The fourth-order valence-electron chi connectivity index (χ4n) is 2.05. The van der Waals surface area contributed by atoms with Crippen LogP contribution in [0, 0.1) is 0 Å². The normalized spacial score (nSPS) is 10.9. The number of hydrogen-bond donors (Lipinski definition) is 0. The minimum absolute atomic E-state index is 0.00583. The molecule has 1 aromatic rings. The molecule has 0 saturated heterocycles. The van der Waals surface area contributed by atoms with Gasteiger partial charge in [0.1, 0.15) is 5.70 Å². The number of hydrogen-bond acceptors (Lipinski definition) is 4. The molecule has 0 radical (unpaired) electrons. The molecule has 0 heterocycles. The molecule has 0 aliphatic carbocycles. The zero-order chi connectivity index (χ0) is 15.8. The van der Waals surface area contributed by atoms with Gasteiger partial charge in [0, 0.05) is 12.1 Å². The molecule has 0 aromatic heterocycles. The van der Waals surface area contributed by atoms with Gasteiger partial charge in [-0.25, -0.2) is 4.79 Å². The van der Waals surface area contributed by atoms with Crippen LogP contribution in [0.4, 0.5) is 0 Å². The number of nitrogens with zero attached hydrogens (tertiary/aromatic N) is 1. The van der Waals surface area contributed by atoms with Crippen LogP contribution >= 0.6 is 0 Å². The van der Waals surface area contributed by atoms with Gasteiger partial charge in [0.2, 0.25) is 0 Å². The van der Waals surface area contributed by atoms with Gasteiger partial charge in [-0.1, -0.05) is 43.8 Å². The SMILES string of the molecule is C=CN(Cc1ccccc1C(C)=O)/C(=C\CC)C(=O)OC. The van der Waals surface area contributed by atoms with Crippen LogP contribution in [0.5, 0.6) is 0 Å². The van der Waals surface area contributed by atoms with E-state index in [0.717, 1.165) is 5.56 Å². The average Bonchev–Trinajstić information content (AvgIpc) is 2.50. The zero-order valence-electron chi connectivity index (χ0n) is 12.8. The van der Waals surface area contributed by atoms with E-state index in [9.17, 15) is 9.59 Å². The third-order valence-electron chi connectivity index (χ3n) is 3.06. The highest BCUT2D eigenvalue weighted by Gasteiger charge is 2.17. The summed E-state index contributed by atoms with van der Waals surface area (Å²) in [7, 11) is 1.34. The van der Waals surface area contributed by atoms with E-state index in [-0.39, 0.29) is 5.78 Å². The van der Waals surface area contributed by atoms with Crippen molar-refractivity contribution in [2.45, 2.75) is 26.8 Å². The lowest BCUT2D eigenvalue weighted by Crippen LogP contribution is -2.24. The molecule has 0 unspecified atom stereocenters. The second-order valence-electron chi connectivity index (χ2n) is 4.51. The molecule has 0 fully saturated rings. The zero-order valence-corrected chi connectivity index (χ0v) is 12.8. The quantitative estimate of drug-likeness (QED) is 0.438. The van der Waals surface area contributed by atoms with Crippen LogP contribution in [-0.2, 0) is 16.1 Å². The van der Waals surface area contributed by atoms with E-state index in [1.807, 2.05) is 25.1 Å². The van der Waals surface area contributed by atoms with Crippen molar-refractivity contribution in [2.75, 3.05) is 7.11 Å². The van der Waals surface area contributed by atoms with E-state index in [0.29, 0.717) is 24.2 Å². The summed E-state index contributed by atoms with van der Waals surface area (Å²) >= 11 is 0. The smallest absolute Gasteiger partial charge is 0.354 e. The maximum Gasteiger partial charge on any atom is 0.354 e. The second-order valence-corrected chi connectivity index (χ2v) is 4.51. The van der Waals surface area contributed by atoms with Crippen LogP contribution in [0.25, 0.3) is 0 Å². The number of carbonyl (C=O) groups is 2. The molecule has 4 nitrogen and oxygen atoms in total. The number of benzene rings is 1. The first-order valence-corrected chi connectivity index (χ1v) is 6.81. The van der Waals surface area contributed by atoms with E-state index in [1.165, 1.54) is 14.0 Å². The third kappa shape index (κ3) is 4.31. The van der Waals surface area contributed by atoms with E-state index < -0.39 is 5.97 Å². The molecule has 0 N–H and O–H groups in total. The number of carbonyl (C=O) groups excluding carboxylic acids is 2. The molecular formula is C17H21NO3. The molecule has 1 aromatic carbocycles. The van der Waals surface area contributed by atoms with Crippen LogP contribution in [0.2, 0.25) is 0 Å². The van der Waals surface area contributed by atoms with Crippen LogP contribution < -0.4 is 0 Å². The average molecular weight is 287 g/mol. The molecule has 1 rings (SSSR count). The van der Waals surface area contributed by atoms with Gasteiger partial charge >= 0.3 is 5.97 Å². The Morgan fingerprint density at radius 2 is 2.00 bits per heavy atom. The molecule has 0 spiro atoms. The molecule has 0 amide bonds. The van der Waals surface area contributed by atoms with Gasteiger partial charge in [-0.2, -0.15) is 0 Å². The predicted octanol–water partition coefficient (Wildman–Crippen LogP) is 3.30. The molecule has 0 aliphatic heterocycles. The topological polar surface area (TPSA) is 46.6 Å². The summed E-state index contributed by atoms with van der Waals surface area (Å²) in [6.45, 7) is 7.60. The maximum atomic E-state index is 11.9. The van der Waals surface area contributed by atoms with Gasteiger partial charge in [0.15, 0.2) is 5.78 Å². The minimum atomic E-state index is -0.419. The number of ketones is 1. The van der Waals surface area contributed by atoms with Gasteiger partial charge < -0.3 is 9.64 Å². The summed E-state index contributed by atoms with van der Waals surface area (Å²) in [6.07, 6.45) is 4.04. The van der Waals surface area contributed by atoms with Crippen molar-refractivity contribution in [3.63, 3.8) is 0 Å². The lowest BCUT2D eigenvalue weighted by Gasteiger charge is -2.22. The van der Waals surface area contributed by atoms with Crippen molar-refractivity contribution >= 4 is 11.8 Å². The lowest BCUT2D eigenvalue weighted by molar-refractivity contribution is -0.137. The van der Waals surface area contributed by atoms with Gasteiger partial charge in [0.25, 0.3) is 0 Å². The van der Waals surface area contributed by atoms with Crippen LogP contribution in [0.3, 0.4) is 0 Å². The van der Waals surface area contributed by atoms with Crippen molar-refractivity contribution in [3.05, 3.63) is 59.9 Å². The molecule has 0 saturated carbocycles.